The molecule has 23 heavy (non-hydrogen) atoms. The second-order valence-corrected chi connectivity index (χ2v) is 6.69. The summed E-state index contributed by atoms with van der Waals surface area (Å²) in [6.45, 7) is 3.96. The van der Waals surface area contributed by atoms with Crippen LogP contribution in [0.5, 0.6) is 0 Å². The fourth-order valence-electron chi connectivity index (χ4n) is 3.13. The lowest BCUT2D eigenvalue weighted by Crippen LogP contribution is -2.37. The van der Waals surface area contributed by atoms with Crippen molar-refractivity contribution < 1.29 is 0 Å². The van der Waals surface area contributed by atoms with Crippen molar-refractivity contribution in [2.24, 2.45) is 5.73 Å². The first kappa shape index (κ1) is 20.1. The second kappa shape index (κ2) is 14.6. The lowest BCUT2D eigenvalue weighted by molar-refractivity contribution is 0.264. The quantitative estimate of drug-likeness (QED) is 0.333. The van der Waals surface area contributed by atoms with Gasteiger partial charge in [-0.25, -0.2) is 0 Å². The van der Waals surface area contributed by atoms with E-state index in [4.69, 9.17) is 5.73 Å². The highest BCUT2D eigenvalue weighted by Gasteiger charge is 2.16. The minimum atomic E-state index is 0.481. The summed E-state index contributed by atoms with van der Waals surface area (Å²) in [6.07, 6.45) is 25.5. The van der Waals surface area contributed by atoms with E-state index in [0.29, 0.717) is 6.17 Å². The molecule has 0 aliphatic carbocycles. The van der Waals surface area contributed by atoms with Crippen LogP contribution in [-0.4, -0.2) is 24.2 Å². The largest absolute Gasteiger partial charge is 0.370 e. The Labute approximate surface area is 144 Å². The Kier molecular flexibility index (Phi) is 12.8. The number of hydrogen-bond donors (Lipinski definition) is 2. The van der Waals surface area contributed by atoms with E-state index < -0.39 is 0 Å². The summed E-state index contributed by atoms with van der Waals surface area (Å²) in [5.74, 6) is 0. The van der Waals surface area contributed by atoms with Crippen LogP contribution < -0.4 is 11.1 Å². The maximum Gasteiger partial charge on any atom is 0.0981 e. The maximum atomic E-state index is 5.64. The molecule has 1 aliphatic heterocycles. The van der Waals surface area contributed by atoms with E-state index in [1.807, 2.05) is 0 Å². The molecule has 3 heteroatoms. The number of allylic oxidation sites excluding steroid dienone is 2. The summed E-state index contributed by atoms with van der Waals surface area (Å²) < 4.78 is 0. The molecule has 0 saturated heterocycles. The Morgan fingerprint density at radius 1 is 0.957 bits per heavy atom. The minimum Gasteiger partial charge on any atom is -0.370 e. The zero-order valence-electron chi connectivity index (χ0n) is 15.3. The molecule has 1 aliphatic rings. The van der Waals surface area contributed by atoms with E-state index in [9.17, 15) is 0 Å². The average Bonchev–Trinajstić information content (AvgIpc) is 2.99. The summed E-state index contributed by atoms with van der Waals surface area (Å²) in [5, 5.41) is 3.42. The zero-order valence-corrected chi connectivity index (χ0v) is 15.3. The molecule has 1 heterocycles. The number of rotatable bonds is 15. The van der Waals surface area contributed by atoms with E-state index in [2.05, 4.69) is 41.7 Å². The van der Waals surface area contributed by atoms with E-state index in [1.165, 1.54) is 77.0 Å². The summed E-state index contributed by atoms with van der Waals surface area (Å²) in [5.41, 5.74) is 5.64. The van der Waals surface area contributed by atoms with Gasteiger partial charge in [0.15, 0.2) is 0 Å². The molecular formula is C20H39N3. The van der Waals surface area contributed by atoms with Crippen molar-refractivity contribution in [2.75, 3.05) is 13.1 Å². The average molecular weight is 322 g/mol. The van der Waals surface area contributed by atoms with Gasteiger partial charge in [-0.05, 0) is 38.5 Å². The highest BCUT2D eigenvalue weighted by molar-refractivity contribution is 4.94. The fraction of sp³-hybridized carbons (Fsp3) is 0.800. The minimum absolute atomic E-state index is 0.481. The first-order valence-electron chi connectivity index (χ1n) is 9.92. The van der Waals surface area contributed by atoms with Gasteiger partial charge < -0.3 is 16.0 Å². The van der Waals surface area contributed by atoms with E-state index in [0.717, 1.165) is 13.1 Å². The van der Waals surface area contributed by atoms with Crippen LogP contribution in [0.1, 0.15) is 84.0 Å². The standard InChI is InChI=1S/C20H39N3/c1-2-3-4-5-6-7-8-9-10-11-12-13-14-15-20-22-17-19-23(20)18-16-21/h7-8,17,19-20,22H,2-6,9-16,18,21H2,1H3/b8-7+. The molecule has 3 nitrogen and oxygen atoms in total. The van der Waals surface area contributed by atoms with Gasteiger partial charge in [0, 0.05) is 25.5 Å². The number of unbranched alkanes of at least 4 members (excludes halogenated alkanes) is 9. The Balaban J connectivity index is 1.84. The molecule has 1 atom stereocenters. The Bertz CT molecular complexity index is 312. The highest BCUT2D eigenvalue weighted by atomic mass is 15.3. The molecule has 0 amide bonds. The summed E-state index contributed by atoms with van der Waals surface area (Å²) in [4.78, 5) is 2.32. The lowest BCUT2D eigenvalue weighted by atomic mass is 10.1. The predicted octanol–water partition coefficient (Wildman–Crippen LogP) is 4.90. The zero-order chi connectivity index (χ0) is 16.6. The van der Waals surface area contributed by atoms with E-state index >= 15 is 0 Å². The molecule has 0 spiro atoms. The van der Waals surface area contributed by atoms with Crippen molar-refractivity contribution in [3.63, 3.8) is 0 Å². The molecule has 0 saturated carbocycles. The molecule has 0 aromatic rings. The van der Waals surface area contributed by atoms with E-state index in [1.54, 1.807) is 0 Å². The third kappa shape index (κ3) is 10.4. The van der Waals surface area contributed by atoms with Crippen LogP contribution in [0, 0.1) is 0 Å². The van der Waals surface area contributed by atoms with Crippen molar-refractivity contribution in [3.8, 4) is 0 Å². The topological polar surface area (TPSA) is 41.3 Å². The van der Waals surface area contributed by atoms with Gasteiger partial charge in [0.1, 0.15) is 0 Å². The summed E-state index contributed by atoms with van der Waals surface area (Å²) in [6, 6.07) is 0. The van der Waals surface area contributed by atoms with Crippen LogP contribution in [-0.2, 0) is 0 Å². The lowest BCUT2D eigenvalue weighted by Gasteiger charge is -2.25. The third-order valence-corrected chi connectivity index (χ3v) is 4.58. The van der Waals surface area contributed by atoms with Crippen LogP contribution in [0.4, 0.5) is 0 Å². The molecule has 134 valence electrons. The maximum absolute atomic E-state index is 5.64. The first-order chi connectivity index (χ1) is 11.4. The van der Waals surface area contributed by atoms with Crippen LogP contribution in [0.15, 0.2) is 24.6 Å². The van der Waals surface area contributed by atoms with Crippen molar-refractivity contribution in [1.29, 1.82) is 0 Å². The van der Waals surface area contributed by atoms with E-state index in [-0.39, 0.29) is 0 Å². The van der Waals surface area contributed by atoms with Gasteiger partial charge in [-0.1, -0.05) is 57.6 Å². The van der Waals surface area contributed by atoms with Gasteiger partial charge >= 0.3 is 0 Å². The van der Waals surface area contributed by atoms with Gasteiger partial charge in [0.05, 0.1) is 6.17 Å². The third-order valence-electron chi connectivity index (χ3n) is 4.58. The first-order valence-corrected chi connectivity index (χ1v) is 9.92. The molecule has 0 aromatic heterocycles. The summed E-state index contributed by atoms with van der Waals surface area (Å²) >= 11 is 0. The molecule has 0 aromatic carbocycles. The Morgan fingerprint density at radius 3 is 2.30 bits per heavy atom. The predicted molar refractivity (Wildman–Crippen MR) is 102 cm³/mol. The molecule has 1 unspecified atom stereocenters. The molecule has 3 N–H and O–H groups in total. The van der Waals surface area contributed by atoms with Crippen LogP contribution in [0.3, 0.4) is 0 Å². The number of nitrogens with one attached hydrogen (secondary N) is 1. The van der Waals surface area contributed by atoms with Crippen molar-refractivity contribution >= 4 is 0 Å². The second-order valence-electron chi connectivity index (χ2n) is 6.69. The molecule has 0 bridgehead atoms. The van der Waals surface area contributed by atoms with Crippen molar-refractivity contribution in [2.45, 2.75) is 90.1 Å². The SMILES string of the molecule is CCCCCC/C=C/CCCCCCCC1NC=CN1CCN. The van der Waals surface area contributed by atoms with Gasteiger partial charge in [-0.2, -0.15) is 0 Å². The molecule has 0 radical (unpaired) electrons. The number of nitrogens with zero attached hydrogens (tertiary/aromatic N) is 1. The normalized spacial score (nSPS) is 17.3. The number of nitrogens with two attached hydrogens (primary N) is 1. The molecule has 1 rings (SSSR count). The van der Waals surface area contributed by atoms with Gasteiger partial charge in [0.25, 0.3) is 0 Å². The smallest absolute Gasteiger partial charge is 0.0981 e. The van der Waals surface area contributed by atoms with Crippen LogP contribution in [0.2, 0.25) is 0 Å². The number of hydrogen-bond acceptors (Lipinski definition) is 3. The van der Waals surface area contributed by atoms with Crippen LogP contribution >= 0.6 is 0 Å². The van der Waals surface area contributed by atoms with Gasteiger partial charge in [0.2, 0.25) is 0 Å². The van der Waals surface area contributed by atoms with Crippen LogP contribution in [0.25, 0.3) is 0 Å². The van der Waals surface area contributed by atoms with Gasteiger partial charge in [-0.3, -0.25) is 0 Å². The van der Waals surface area contributed by atoms with Gasteiger partial charge in [-0.15, -0.1) is 0 Å². The summed E-state index contributed by atoms with van der Waals surface area (Å²) in [7, 11) is 0. The van der Waals surface area contributed by atoms with Crippen molar-refractivity contribution in [3.05, 3.63) is 24.6 Å². The molecular weight excluding hydrogens is 282 g/mol. The Hall–Kier alpha value is -0.960. The molecule has 0 fully saturated rings. The monoisotopic (exact) mass is 321 g/mol. The van der Waals surface area contributed by atoms with Crippen molar-refractivity contribution in [1.82, 2.24) is 10.2 Å². The highest BCUT2D eigenvalue weighted by Crippen LogP contribution is 2.14. The Morgan fingerprint density at radius 2 is 1.61 bits per heavy atom. The fourth-order valence-corrected chi connectivity index (χ4v) is 3.13.